The van der Waals surface area contributed by atoms with Gasteiger partial charge in [-0.05, 0) is 0 Å². The Kier molecular flexibility index (Phi) is 3.17. The van der Waals surface area contributed by atoms with Crippen molar-refractivity contribution in [3.8, 4) is 0 Å². The molecule has 72 valence electrons. The summed E-state index contributed by atoms with van der Waals surface area (Å²) >= 11 is 0. The van der Waals surface area contributed by atoms with Crippen LogP contribution < -0.4 is 0 Å². The lowest BCUT2D eigenvalue weighted by molar-refractivity contribution is -0.219. The van der Waals surface area contributed by atoms with Crippen LogP contribution in [0.2, 0.25) is 0 Å². The molecule has 0 unspecified atom stereocenters. The molecule has 0 spiro atoms. The van der Waals surface area contributed by atoms with Crippen LogP contribution in [-0.4, -0.2) is 17.9 Å². The van der Waals surface area contributed by atoms with Crippen molar-refractivity contribution in [2.75, 3.05) is 0 Å². The highest BCUT2D eigenvalue weighted by molar-refractivity contribution is 5.77. The van der Waals surface area contributed by atoms with Crippen LogP contribution in [-0.2, 0) is 4.79 Å². The third kappa shape index (κ3) is 1.92. The van der Waals surface area contributed by atoms with Crippen LogP contribution in [0.15, 0.2) is 0 Å². The van der Waals surface area contributed by atoms with Gasteiger partial charge >= 0.3 is 17.9 Å². The summed E-state index contributed by atoms with van der Waals surface area (Å²) in [5, 5.41) is 0. The van der Waals surface area contributed by atoms with Crippen molar-refractivity contribution in [3.63, 3.8) is 0 Å². The highest BCUT2D eigenvalue weighted by Gasteiger charge is 2.61. The molecule has 1 nitrogen and oxygen atoms in total. The second-order valence-corrected chi connectivity index (χ2v) is 2.30. The molecular formula is C6H7F5O. The highest BCUT2D eigenvalue weighted by Crippen LogP contribution is 2.38. The maximum Gasteiger partial charge on any atom is 0.397 e. The van der Waals surface area contributed by atoms with Gasteiger partial charge in [-0.3, -0.25) is 4.79 Å². The fourth-order valence-corrected chi connectivity index (χ4v) is 0.615. The van der Waals surface area contributed by atoms with Crippen LogP contribution in [0, 0.1) is 0 Å². The van der Waals surface area contributed by atoms with E-state index in [0.717, 1.165) is 0 Å². The van der Waals surface area contributed by atoms with Crippen molar-refractivity contribution in [1.29, 1.82) is 0 Å². The second kappa shape index (κ2) is 3.37. The summed E-state index contributed by atoms with van der Waals surface area (Å²) in [5.74, 6) is -9.78. The van der Waals surface area contributed by atoms with E-state index in [0.29, 0.717) is 0 Å². The zero-order chi connectivity index (χ0) is 9.99. The molecule has 0 N–H and O–H groups in total. The van der Waals surface area contributed by atoms with E-state index in [-0.39, 0.29) is 6.42 Å². The van der Waals surface area contributed by atoms with E-state index in [1.165, 1.54) is 6.92 Å². The summed E-state index contributed by atoms with van der Waals surface area (Å²) in [6, 6.07) is -3.29. The minimum Gasteiger partial charge on any atom is -0.254 e. The molecule has 0 aromatic heterocycles. The Hall–Kier alpha value is -0.680. The van der Waals surface area contributed by atoms with Gasteiger partial charge in [-0.15, -0.1) is 0 Å². The predicted molar refractivity (Wildman–Crippen MR) is 30.9 cm³/mol. The van der Waals surface area contributed by atoms with Gasteiger partial charge in [-0.2, -0.15) is 22.0 Å². The number of carbonyl (C=O) groups excluding carboxylic acids is 1. The summed E-state index contributed by atoms with van der Waals surface area (Å²) in [5.41, 5.74) is 0. The molecule has 0 rings (SSSR count). The smallest absolute Gasteiger partial charge is 0.254 e. The molecule has 0 heterocycles. The Morgan fingerprint density at radius 1 is 1.25 bits per heavy atom. The first-order valence-electron chi connectivity index (χ1n) is 3.21. The zero-order valence-corrected chi connectivity index (χ0v) is 6.21. The molecule has 0 atom stereocenters. The lowest BCUT2D eigenvalue weighted by Crippen LogP contribution is -2.45. The normalized spacial score (nSPS) is 13.2. The van der Waals surface area contributed by atoms with Gasteiger partial charge in [0, 0.05) is 6.42 Å². The third-order valence-electron chi connectivity index (χ3n) is 1.27. The average Bonchev–Trinajstić information content (AvgIpc) is 1.86. The summed E-state index contributed by atoms with van der Waals surface area (Å²) in [4.78, 5) is 9.49. The summed E-state index contributed by atoms with van der Waals surface area (Å²) in [6.07, 6.45) is -1.47. The number of hydrogen-bond acceptors (Lipinski definition) is 1. The number of rotatable bonds is 4. The van der Waals surface area contributed by atoms with Gasteiger partial charge in [0.05, 0.1) is 0 Å². The molecule has 6 heteroatoms. The number of carbonyl (C=O) groups is 1. The lowest BCUT2D eigenvalue weighted by atomic mass is 10.1. The van der Waals surface area contributed by atoms with E-state index in [4.69, 9.17) is 0 Å². The largest absolute Gasteiger partial charge is 0.397 e. The molecule has 0 aliphatic rings. The molecule has 12 heavy (non-hydrogen) atoms. The Labute approximate surface area is 65.6 Å². The van der Waals surface area contributed by atoms with Crippen molar-refractivity contribution >= 4 is 6.04 Å². The van der Waals surface area contributed by atoms with Gasteiger partial charge in [-0.25, -0.2) is 0 Å². The molecular weight excluding hydrogens is 183 g/mol. The first-order valence-corrected chi connectivity index (χ1v) is 3.21. The minimum absolute atomic E-state index is 0.254. The van der Waals surface area contributed by atoms with Gasteiger partial charge in [0.25, 0.3) is 0 Å². The van der Waals surface area contributed by atoms with Crippen LogP contribution in [0.3, 0.4) is 0 Å². The predicted octanol–water partition coefficient (Wildman–Crippen LogP) is 2.55. The Balaban J connectivity index is 4.62. The molecule has 0 aromatic carbocycles. The molecule has 0 fully saturated rings. The summed E-state index contributed by atoms with van der Waals surface area (Å²) < 4.78 is 60.0. The molecule has 0 aliphatic carbocycles. The monoisotopic (exact) mass is 190 g/mol. The van der Waals surface area contributed by atoms with E-state index in [2.05, 4.69) is 0 Å². The third-order valence-corrected chi connectivity index (χ3v) is 1.27. The Bertz CT molecular complexity index is 177. The van der Waals surface area contributed by atoms with Gasteiger partial charge in [0.15, 0.2) is 0 Å². The van der Waals surface area contributed by atoms with E-state index in [9.17, 15) is 26.7 Å². The topological polar surface area (TPSA) is 17.1 Å². The van der Waals surface area contributed by atoms with Gasteiger partial charge in [-0.1, -0.05) is 13.3 Å². The van der Waals surface area contributed by atoms with Crippen LogP contribution in [0.1, 0.15) is 19.8 Å². The molecule has 0 bridgehead atoms. The molecule has 0 saturated carbocycles. The number of halogens is 5. The van der Waals surface area contributed by atoms with E-state index in [1.54, 1.807) is 0 Å². The van der Waals surface area contributed by atoms with Crippen molar-refractivity contribution < 1.29 is 26.7 Å². The van der Waals surface area contributed by atoms with Crippen molar-refractivity contribution in [2.45, 2.75) is 31.6 Å². The van der Waals surface area contributed by atoms with E-state index >= 15 is 0 Å². The first-order chi connectivity index (χ1) is 5.25. The fraction of sp³-hybridized carbons (Fsp3) is 0.833. The van der Waals surface area contributed by atoms with Gasteiger partial charge in [0.1, 0.15) is 0 Å². The van der Waals surface area contributed by atoms with Crippen molar-refractivity contribution in [2.24, 2.45) is 0 Å². The molecule has 0 amide bonds. The summed E-state index contributed by atoms with van der Waals surface area (Å²) in [7, 11) is 0. The zero-order valence-electron chi connectivity index (χ0n) is 6.21. The van der Waals surface area contributed by atoms with Gasteiger partial charge < -0.3 is 0 Å². The van der Waals surface area contributed by atoms with Crippen molar-refractivity contribution in [3.05, 3.63) is 0 Å². The second-order valence-electron chi connectivity index (χ2n) is 2.30. The fourth-order valence-electron chi connectivity index (χ4n) is 0.615. The highest BCUT2D eigenvalue weighted by atomic mass is 19.3. The molecule has 0 radical (unpaired) electrons. The molecule has 0 saturated heterocycles. The van der Waals surface area contributed by atoms with E-state index < -0.39 is 24.3 Å². The average molecular weight is 190 g/mol. The lowest BCUT2D eigenvalue weighted by Gasteiger charge is -2.21. The number of alkyl halides is 4. The number of hydrogen-bond donors (Lipinski definition) is 0. The van der Waals surface area contributed by atoms with Crippen molar-refractivity contribution in [1.82, 2.24) is 0 Å². The van der Waals surface area contributed by atoms with Crippen LogP contribution in [0.4, 0.5) is 22.0 Å². The quantitative estimate of drug-likeness (QED) is 0.491. The van der Waals surface area contributed by atoms with Crippen LogP contribution >= 0.6 is 0 Å². The molecule has 0 aromatic rings. The van der Waals surface area contributed by atoms with Crippen LogP contribution in [0.5, 0.6) is 0 Å². The van der Waals surface area contributed by atoms with Crippen LogP contribution in [0.25, 0.3) is 0 Å². The summed E-state index contributed by atoms with van der Waals surface area (Å²) in [6.45, 7) is 1.23. The minimum atomic E-state index is -5.19. The SMILES string of the molecule is CCCC(F)(F)C(F)(F)C(=O)F. The van der Waals surface area contributed by atoms with Gasteiger partial charge in [0.2, 0.25) is 0 Å². The standard InChI is InChI=1S/C6H7F5O/c1-2-3-5(8,9)6(10,11)4(7)12/h2-3H2,1H3. The van der Waals surface area contributed by atoms with E-state index in [1.807, 2.05) is 0 Å². The first kappa shape index (κ1) is 11.3. The Morgan fingerprint density at radius 2 is 1.67 bits per heavy atom. The molecule has 0 aliphatic heterocycles. The maximum atomic E-state index is 12.2. The maximum absolute atomic E-state index is 12.2. The Morgan fingerprint density at radius 3 is 1.92 bits per heavy atom.